The molecule has 0 aliphatic rings. The molecule has 0 fully saturated rings. The van der Waals surface area contributed by atoms with Crippen molar-refractivity contribution < 1.29 is 9.84 Å². The highest BCUT2D eigenvalue weighted by Crippen LogP contribution is 2.12. The van der Waals surface area contributed by atoms with E-state index in [-0.39, 0.29) is 0 Å². The van der Waals surface area contributed by atoms with Gasteiger partial charge < -0.3 is 15.2 Å². The van der Waals surface area contributed by atoms with E-state index in [0.717, 1.165) is 30.0 Å². The fourth-order valence-corrected chi connectivity index (χ4v) is 1.99. The van der Waals surface area contributed by atoms with E-state index in [0.29, 0.717) is 13.2 Å². The summed E-state index contributed by atoms with van der Waals surface area (Å²) >= 11 is 0. The molecular weight excluding hydrogens is 264 g/mol. The Morgan fingerprint density at radius 2 is 2.14 bits per heavy atom. The molecule has 0 aliphatic heterocycles. The highest BCUT2D eigenvalue weighted by Gasteiger charge is 2.05. The fraction of sp³-hybridized carbons (Fsp3) is 0.353. The smallest absolute Gasteiger partial charge is 0.119 e. The first-order chi connectivity index (χ1) is 10.2. The van der Waals surface area contributed by atoms with Crippen LogP contribution in [0, 0.1) is 6.92 Å². The summed E-state index contributed by atoms with van der Waals surface area (Å²) in [7, 11) is 0. The molecule has 1 unspecified atom stereocenters. The summed E-state index contributed by atoms with van der Waals surface area (Å²) in [4.78, 5) is 4.25. The van der Waals surface area contributed by atoms with Crippen molar-refractivity contribution in [2.75, 3.05) is 19.7 Å². The maximum absolute atomic E-state index is 9.87. The van der Waals surface area contributed by atoms with Crippen molar-refractivity contribution in [3.63, 3.8) is 0 Å². The molecule has 0 bridgehead atoms. The second kappa shape index (κ2) is 8.39. The van der Waals surface area contributed by atoms with Gasteiger partial charge in [-0.15, -0.1) is 0 Å². The molecule has 2 rings (SSSR count). The van der Waals surface area contributed by atoms with Gasteiger partial charge in [0, 0.05) is 31.4 Å². The molecule has 21 heavy (non-hydrogen) atoms. The van der Waals surface area contributed by atoms with Crippen LogP contribution in [0.3, 0.4) is 0 Å². The predicted molar refractivity (Wildman–Crippen MR) is 83.5 cm³/mol. The minimum atomic E-state index is -0.519. The first-order valence-electron chi connectivity index (χ1n) is 7.22. The van der Waals surface area contributed by atoms with Crippen molar-refractivity contribution in [3.05, 3.63) is 59.9 Å². The van der Waals surface area contributed by atoms with Gasteiger partial charge in [0.2, 0.25) is 0 Å². The molecule has 0 spiro atoms. The Bertz CT molecular complexity index is 531. The van der Waals surface area contributed by atoms with Crippen LogP contribution in [-0.2, 0) is 6.42 Å². The van der Waals surface area contributed by atoms with Gasteiger partial charge in [-0.2, -0.15) is 0 Å². The van der Waals surface area contributed by atoms with Crippen LogP contribution in [0.25, 0.3) is 0 Å². The second-order valence-corrected chi connectivity index (χ2v) is 5.06. The number of aliphatic hydroxyl groups excluding tert-OH is 1. The van der Waals surface area contributed by atoms with Crippen LogP contribution in [-0.4, -0.2) is 35.9 Å². The first kappa shape index (κ1) is 15.5. The summed E-state index contributed by atoms with van der Waals surface area (Å²) in [6.07, 6.45) is 2.13. The van der Waals surface area contributed by atoms with Crippen molar-refractivity contribution in [2.24, 2.45) is 0 Å². The number of aliphatic hydroxyl groups is 1. The van der Waals surface area contributed by atoms with E-state index in [1.165, 1.54) is 0 Å². The van der Waals surface area contributed by atoms with Gasteiger partial charge in [0.05, 0.1) is 0 Å². The number of pyridine rings is 1. The minimum Gasteiger partial charge on any atom is -0.491 e. The maximum Gasteiger partial charge on any atom is 0.119 e. The fourth-order valence-electron chi connectivity index (χ4n) is 1.99. The summed E-state index contributed by atoms with van der Waals surface area (Å²) in [5.74, 6) is 0.794. The Labute approximate surface area is 125 Å². The summed E-state index contributed by atoms with van der Waals surface area (Å²) in [6, 6.07) is 13.7. The SMILES string of the molecule is Cc1cccc(OCC(O)CNCCc2ccccn2)c1. The van der Waals surface area contributed by atoms with Crippen molar-refractivity contribution in [1.29, 1.82) is 0 Å². The lowest BCUT2D eigenvalue weighted by molar-refractivity contribution is 0.106. The number of aromatic nitrogens is 1. The van der Waals surface area contributed by atoms with Gasteiger partial charge in [-0.25, -0.2) is 0 Å². The van der Waals surface area contributed by atoms with Crippen molar-refractivity contribution >= 4 is 0 Å². The highest BCUT2D eigenvalue weighted by molar-refractivity contribution is 5.27. The number of hydrogen-bond donors (Lipinski definition) is 2. The van der Waals surface area contributed by atoms with Crippen LogP contribution < -0.4 is 10.1 Å². The molecule has 0 amide bonds. The average molecular weight is 286 g/mol. The molecule has 1 heterocycles. The lowest BCUT2D eigenvalue weighted by atomic mass is 10.2. The van der Waals surface area contributed by atoms with Crippen molar-refractivity contribution in [2.45, 2.75) is 19.4 Å². The number of benzene rings is 1. The quantitative estimate of drug-likeness (QED) is 0.728. The van der Waals surface area contributed by atoms with Crippen molar-refractivity contribution in [1.82, 2.24) is 10.3 Å². The topological polar surface area (TPSA) is 54.4 Å². The number of nitrogens with zero attached hydrogens (tertiary/aromatic N) is 1. The standard InChI is InChI=1S/C17H22N2O2/c1-14-5-4-7-17(11-14)21-13-16(20)12-18-10-8-15-6-2-3-9-19-15/h2-7,9,11,16,18,20H,8,10,12-13H2,1H3. The van der Waals surface area contributed by atoms with Gasteiger partial charge in [0.25, 0.3) is 0 Å². The predicted octanol–water partition coefficient (Wildman–Crippen LogP) is 1.96. The Balaban J connectivity index is 1.60. The number of hydrogen-bond acceptors (Lipinski definition) is 4. The van der Waals surface area contributed by atoms with E-state index in [1.807, 2.05) is 49.4 Å². The van der Waals surface area contributed by atoms with Gasteiger partial charge in [-0.3, -0.25) is 4.98 Å². The largest absolute Gasteiger partial charge is 0.491 e. The van der Waals surface area contributed by atoms with Gasteiger partial charge in [-0.1, -0.05) is 18.2 Å². The van der Waals surface area contributed by atoms with Gasteiger partial charge >= 0.3 is 0 Å². The molecule has 0 saturated heterocycles. The van der Waals surface area contributed by atoms with E-state index < -0.39 is 6.10 Å². The van der Waals surface area contributed by atoms with Gasteiger partial charge in [0.1, 0.15) is 18.5 Å². The lowest BCUT2D eigenvalue weighted by Gasteiger charge is -2.13. The summed E-state index contributed by atoms with van der Waals surface area (Å²) in [5.41, 5.74) is 2.20. The molecule has 4 nitrogen and oxygen atoms in total. The van der Waals surface area contributed by atoms with Crippen molar-refractivity contribution in [3.8, 4) is 5.75 Å². The zero-order valence-electron chi connectivity index (χ0n) is 12.3. The van der Waals surface area contributed by atoms with Gasteiger partial charge in [-0.05, 0) is 36.8 Å². The molecule has 2 N–H and O–H groups in total. The molecule has 1 aromatic heterocycles. The second-order valence-electron chi connectivity index (χ2n) is 5.06. The Hall–Kier alpha value is -1.91. The summed E-state index contributed by atoms with van der Waals surface area (Å²) in [6.45, 7) is 3.61. The minimum absolute atomic E-state index is 0.292. The molecular formula is C17H22N2O2. The zero-order chi connectivity index (χ0) is 14.9. The van der Waals surface area contributed by atoms with E-state index in [1.54, 1.807) is 6.20 Å². The van der Waals surface area contributed by atoms with Crippen LogP contribution in [0.1, 0.15) is 11.3 Å². The van der Waals surface area contributed by atoms with Crippen LogP contribution in [0.5, 0.6) is 5.75 Å². The molecule has 0 aliphatic carbocycles. The normalized spacial score (nSPS) is 12.1. The van der Waals surface area contributed by atoms with Crippen LogP contribution >= 0.6 is 0 Å². The maximum atomic E-state index is 9.87. The van der Waals surface area contributed by atoms with Crippen LogP contribution in [0.15, 0.2) is 48.7 Å². The Kier molecular flexibility index (Phi) is 6.19. The molecule has 0 saturated carbocycles. The summed E-state index contributed by atoms with van der Waals surface area (Å²) < 4.78 is 5.56. The third-order valence-electron chi connectivity index (χ3n) is 3.10. The number of ether oxygens (including phenoxy) is 1. The molecule has 0 radical (unpaired) electrons. The number of rotatable bonds is 8. The molecule has 1 atom stereocenters. The average Bonchev–Trinajstić information content (AvgIpc) is 2.51. The number of aryl methyl sites for hydroxylation is 1. The van der Waals surface area contributed by atoms with E-state index in [2.05, 4.69) is 10.3 Å². The third-order valence-corrected chi connectivity index (χ3v) is 3.10. The molecule has 4 heteroatoms. The summed E-state index contributed by atoms with van der Waals surface area (Å²) in [5, 5.41) is 13.1. The van der Waals surface area contributed by atoms with E-state index in [4.69, 9.17) is 4.74 Å². The monoisotopic (exact) mass is 286 g/mol. The third kappa shape index (κ3) is 5.94. The zero-order valence-corrected chi connectivity index (χ0v) is 12.3. The van der Waals surface area contributed by atoms with Gasteiger partial charge in [0.15, 0.2) is 0 Å². The molecule has 112 valence electrons. The molecule has 1 aromatic carbocycles. The van der Waals surface area contributed by atoms with E-state index in [9.17, 15) is 5.11 Å². The van der Waals surface area contributed by atoms with E-state index >= 15 is 0 Å². The first-order valence-corrected chi connectivity index (χ1v) is 7.22. The lowest BCUT2D eigenvalue weighted by Crippen LogP contribution is -2.32. The Morgan fingerprint density at radius 1 is 1.24 bits per heavy atom. The highest BCUT2D eigenvalue weighted by atomic mass is 16.5. The molecule has 2 aromatic rings. The Morgan fingerprint density at radius 3 is 2.90 bits per heavy atom. The van der Waals surface area contributed by atoms with Crippen LogP contribution in [0.4, 0.5) is 0 Å². The number of nitrogens with one attached hydrogen (secondary N) is 1. The van der Waals surface area contributed by atoms with Crippen LogP contribution in [0.2, 0.25) is 0 Å².